The van der Waals surface area contributed by atoms with E-state index in [0.29, 0.717) is 11.3 Å². The van der Waals surface area contributed by atoms with Crippen LogP contribution in [0.5, 0.6) is 0 Å². The van der Waals surface area contributed by atoms with Gasteiger partial charge in [-0.05, 0) is 31.2 Å². The first-order valence-electron chi connectivity index (χ1n) is 9.47. The van der Waals surface area contributed by atoms with Crippen LogP contribution < -0.4 is 5.32 Å². The molecule has 0 aliphatic heterocycles. The number of nitrogens with one attached hydrogen (secondary N) is 1. The van der Waals surface area contributed by atoms with Crippen LogP contribution >= 0.6 is 0 Å². The number of para-hydroxylation sites is 1. The highest BCUT2D eigenvalue weighted by molar-refractivity contribution is 6.11. The van der Waals surface area contributed by atoms with Gasteiger partial charge in [0.1, 0.15) is 23.2 Å². The Bertz CT molecular complexity index is 1250. The van der Waals surface area contributed by atoms with Gasteiger partial charge in [0.2, 0.25) is 0 Å². The van der Waals surface area contributed by atoms with Gasteiger partial charge in [-0.3, -0.25) is 14.9 Å². The van der Waals surface area contributed by atoms with Crippen molar-refractivity contribution in [1.82, 2.24) is 0 Å². The molecule has 32 heavy (non-hydrogen) atoms. The summed E-state index contributed by atoms with van der Waals surface area (Å²) in [5.74, 6) is -0.793. The predicted molar refractivity (Wildman–Crippen MR) is 115 cm³/mol. The first-order chi connectivity index (χ1) is 15.4. The van der Waals surface area contributed by atoms with Gasteiger partial charge < -0.3 is 14.5 Å². The molecule has 0 bridgehead atoms. The molecule has 1 heterocycles. The third-order valence-electron chi connectivity index (χ3n) is 4.29. The average Bonchev–Trinajstić information content (AvgIpc) is 3.26. The number of nitrogens with zero attached hydrogens (tertiary/aromatic N) is 2. The fourth-order valence-corrected chi connectivity index (χ4v) is 2.82. The number of nitriles is 1. The number of rotatable bonds is 7. The molecule has 0 saturated carbocycles. The molecule has 1 N–H and O–H groups in total. The van der Waals surface area contributed by atoms with Crippen molar-refractivity contribution in [3.63, 3.8) is 0 Å². The van der Waals surface area contributed by atoms with E-state index in [1.165, 1.54) is 42.5 Å². The number of carbonyl (C=O) groups is 2. The van der Waals surface area contributed by atoms with Gasteiger partial charge >= 0.3 is 5.97 Å². The summed E-state index contributed by atoms with van der Waals surface area (Å²) in [4.78, 5) is 35.1. The highest BCUT2D eigenvalue weighted by atomic mass is 16.6. The Kier molecular flexibility index (Phi) is 6.78. The predicted octanol–water partition coefficient (Wildman–Crippen LogP) is 4.58. The first-order valence-corrected chi connectivity index (χ1v) is 9.47. The van der Waals surface area contributed by atoms with E-state index < -0.39 is 16.8 Å². The maximum atomic E-state index is 12.6. The molecule has 3 aromatic rings. The molecule has 1 aromatic heterocycles. The number of anilines is 1. The second kappa shape index (κ2) is 9.86. The van der Waals surface area contributed by atoms with E-state index in [1.807, 2.05) is 0 Å². The van der Waals surface area contributed by atoms with Crippen LogP contribution in [0.2, 0.25) is 0 Å². The fraction of sp³-hybridized carbons (Fsp3) is 0.0870. The quantitative estimate of drug-likeness (QED) is 0.190. The highest BCUT2D eigenvalue weighted by Gasteiger charge is 2.17. The number of benzene rings is 2. The number of non-ortho nitro benzene ring substituents is 1. The van der Waals surface area contributed by atoms with E-state index in [1.54, 1.807) is 37.3 Å². The molecule has 0 radical (unpaired) electrons. The molecule has 0 aliphatic carbocycles. The Morgan fingerprint density at radius 3 is 2.69 bits per heavy atom. The molecule has 2 aromatic carbocycles. The van der Waals surface area contributed by atoms with Crippen LogP contribution in [0.4, 0.5) is 11.4 Å². The second-order valence-corrected chi connectivity index (χ2v) is 6.40. The van der Waals surface area contributed by atoms with E-state index in [4.69, 9.17) is 9.15 Å². The average molecular weight is 431 g/mol. The van der Waals surface area contributed by atoms with Crippen LogP contribution in [-0.2, 0) is 9.53 Å². The molecule has 0 spiro atoms. The largest absolute Gasteiger partial charge is 0.462 e. The van der Waals surface area contributed by atoms with Crippen molar-refractivity contribution >= 4 is 29.3 Å². The molecule has 0 fully saturated rings. The molecular formula is C23H17N3O6. The van der Waals surface area contributed by atoms with Crippen molar-refractivity contribution in [2.24, 2.45) is 0 Å². The second-order valence-electron chi connectivity index (χ2n) is 6.40. The summed E-state index contributed by atoms with van der Waals surface area (Å²) in [5.41, 5.74) is 0.488. The normalized spacial score (nSPS) is 10.8. The van der Waals surface area contributed by atoms with Gasteiger partial charge in [0.05, 0.1) is 22.8 Å². The van der Waals surface area contributed by atoms with Crippen LogP contribution in [0.1, 0.15) is 23.0 Å². The summed E-state index contributed by atoms with van der Waals surface area (Å²) in [7, 11) is 0. The molecule has 0 saturated heterocycles. The Balaban J connectivity index is 1.83. The van der Waals surface area contributed by atoms with Crippen LogP contribution in [0.25, 0.3) is 17.4 Å². The lowest BCUT2D eigenvalue weighted by molar-refractivity contribution is -0.384. The van der Waals surface area contributed by atoms with E-state index in [2.05, 4.69) is 5.32 Å². The van der Waals surface area contributed by atoms with Crippen LogP contribution in [0.3, 0.4) is 0 Å². The number of nitro benzene ring substituents is 1. The van der Waals surface area contributed by atoms with Gasteiger partial charge in [-0.1, -0.05) is 24.3 Å². The zero-order chi connectivity index (χ0) is 23.1. The molecule has 160 valence electrons. The minimum Gasteiger partial charge on any atom is -0.462 e. The summed E-state index contributed by atoms with van der Waals surface area (Å²) in [6, 6.07) is 17.1. The maximum Gasteiger partial charge on any atom is 0.340 e. The third kappa shape index (κ3) is 5.06. The Hall–Kier alpha value is -4.71. The minimum atomic E-state index is -0.738. The molecule has 1 amide bonds. The van der Waals surface area contributed by atoms with Crippen molar-refractivity contribution in [1.29, 1.82) is 5.26 Å². The zero-order valence-electron chi connectivity index (χ0n) is 16.9. The van der Waals surface area contributed by atoms with E-state index in [0.717, 1.165) is 0 Å². The highest BCUT2D eigenvalue weighted by Crippen LogP contribution is 2.27. The molecule has 9 heteroatoms. The van der Waals surface area contributed by atoms with Gasteiger partial charge in [-0.15, -0.1) is 0 Å². The van der Waals surface area contributed by atoms with Gasteiger partial charge in [0, 0.05) is 23.8 Å². The molecule has 0 unspecified atom stereocenters. The van der Waals surface area contributed by atoms with Crippen molar-refractivity contribution < 1.29 is 23.7 Å². The topological polar surface area (TPSA) is 135 Å². The summed E-state index contributed by atoms with van der Waals surface area (Å²) in [6.07, 6.45) is 1.24. The minimum absolute atomic E-state index is 0.0895. The number of amides is 1. The van der Waals surface area contributed by atoms with Gasteiger partial charge in [-0.25, -0.2) is 4.79 Å². The van der Waals surface area contributed by atoms with Gasteiger partial charge in [0.15, 0.2) is 0 Å². The third-order valence-corrected chi connectivity index (χ3v) is 4.29. The van der Waals surface area contributed by atoms with Crippen LogP contribution in [0, 0.1) is 21.4 Å². The van der Waals surface area contributed by atoms with E-state index in [9.17, 15) is 25.0 Å². The molecule has 3 rings (SSSR count). The Morgan fingerprint density at radius 1 is 1.19 bits per heavy atom. The first kappa shape index (κ1) is 22.0. The van der Waals surface area contributed by atoms with Crippen molar-refractivity contribution in [3.05, 3.63) is 87.7 Å². The number of esters is 1. The number of hydrogen-bond donors (Lipinski definition) is 1. The van der Waals surface area contributed by atoms with Crippen molar-refractivity contribution in [2.45, 2.75) is 6.92 Å². The molecular weight excluding hydrogens is 414 g/mol. The standard InChI is InChI=1S/C23H17N3O6/c1-2-31-23(28)19-8-3-4-9-20(19)25-22(27)16(14-24)13-18-10-11-21(32-18)15-6-5-7-17(12-15)26(29)30/h3-13H,2H2,1H3,(H,25,27). The van der Waals surface area contributed by atoms with Crippen LogP contribution in [-0.4, -0.2) is 23.4 Å². The van der Waals surface area contributed by atoms with Crippen molar-refractivity contribution in [3.8, 4) is 17.4 Å². The monoisotopic (exact) mass is 431 g/mol. The number of furan rings is 1. The van der Waals surface area contributed by atoms with Crippen LogP contribution in [0.15, 0.2) is 70.7 Å². The SMILES string of the molecule is CCOC(=O)c1ccccc1NC(=O)C(C#N)=Cc1ccc(-c2cccc([N+](=O)[O-])c2)o1. The molecule has 0 aliphatic rings. The maximum absolute atomic E-state index is 12.6. The summed E-state index contributed by atoms with van der Waals surface area (Å²) < 4.78 is 10.6. The lowest BCUT2D eigenvalue weighted by atomic mass is 10.1. The molecule has 9 nitrogen and oxygen atoms in total. The number of hydrogen-bond acceptors (Lipinski definition) is 7. The zero-order valence-corrected chi connectivity index (χ0v) is 16.9. The molecule has 0 atom stereocenters. The summed E-state index contributed by atoms with van der Waals surface area (Å²) in [5, 5.41) is 22.9. The van der Waals surface area contributed by atoms with Gasteiger partial charge in [0.25, 0.3) is 11.6 Å². The smallest absolute Gasteiger partial charge is 0.340 e. The Morgan fingerprint density at radius 2 is 1.97 bits per heavy atom. The lowest BCUT2D eigenvalue weighted by Crippen LogP contribution is -2.17. The van der Waals surface area contributed by atoms with E-state index in [-0.39, 0.29) is 34.9 Å². The fourth-order valence-electron chi connectivity index (χ4n) is 2.82. The summed E-state index contributed by atoms with van der Waals surface area (Å²) in [6.45, 7) is 1.84. The lowest BCUT2D eigenvalue weighted by Gasteiger charge is -2.09. The number of nitro groups is 1. The van der Waals surface area contributed by atoms with Crippen molar-refractivity contribution in [2.75, 3.05) is 11.9 Å². The van der Waals surface area contributed by atoms with E-state index >= 15 is 0 Å². The number of carbonyl (C=O) groups excluding carboxylic acids is 2. The Labute approximate surface area is 182 Å². The summed E-state index contributed by atoms with van der Waals surface area (Å²) >= 11 is 0. The number of ether oxygens (including phenoxy) is 1. The van der Waals surface area contributed by atoms with Gasteiger partial charge in [-0.2, -0.15) is 5.26 Å².